The van der Waals surface area contributed by atoms with Gasteiger partial charge in [-0.1, -0.05) is 26.7 Å². The highest BCUT2D eigenvalue weighted by atomic mass is 16.5. The number of aromatic nitrogens is 3. The minimum absolute atomic E-state index is 0.280. The van der Waals surface area contributed by atoms with Gasteiger partial charge in [0.25, 0.3) is 0 Å². The highest BCUT2D eigenvalue weighted by Gasteiger charge is 2.36. The molecule has 0 N–H and O–H groups in total. The molecule has 1 aromatic heterocycles. The Bertz CT molecular complexity index is 488. The topological polar surface area (TPSA) is 57.0 Å². The standard InChI is InChI=1S/C16H27N3O2/c1-5-21-15(20)14-18-17-13(4)19(14)11-16(10-12(2)3)8-6-7-9-16/h12H,5-11H2,1-4H3. The van der Waals surface area contributed by atoms with Crippen molar-refractivity contribution in [1.82, 2.24) is 14.8 Å². The van der Waals surface area contributed by atoms with Gasteiger partial charge in [-0.3, -0.25) is 0 Å². The molecule has 0 amide bonds. The van der Waals surface area contributed by atoms with E-state index in [-0.39, 0.29) is 11.4 Å². The van der Waals surface area contributed by atoms with Gasteiger partial charge in [-0.2, -0.15) is 0 Å². The molecule has 0 bridgehead atoms. The van der Waals surface area contributed by atoms with Crippen LogP contribution in [-0.2, 0) is 11.3 Å². The van der Waals surface area contributed by atoms with Crippen molar-refractivity contribution >= 4 is 5.97 Å². The van der Waals surface area contributed by atoms with E-state index < -0.39 is 0 Å². The Hall–Kier alpha value is -1.39. The molecule has 21 heavy (non-hydrogen) atoms. The van der Waals surface area contributed by atoms with Gasteiger partial charge in [-0.05, 0) is 44.4 Å². The van der Waals surface area contributed by atoms with Gasteiger partial charge >= 0.3 is 5.97 Å². The third-order valence-corrected chi connectivity index (χ3v) is 4.39. The molecule has 1 saturated carbocycles. The molecule has 5 heteroatoms. The Morgan fingerprint density at radius 1 is 1.33 bits per heavy atom. The highest BCUT2D eigenvalue weighted by molar-refractivity contribution is 5.85. The van der Waals surface area contributed by atoms with E-state index in [0.717, 1.165) is 12.4 Å². The number of rotatable bonds is 6. The highest BCUT2D eigenvalue weighted by Crippen LogP contribution is 2.44. The Kier molecular flexibility index (Phi) is 5.01. The Balaban J connectivity index is 2.24. The summed E-state index contributed by atoms with van der Waals surface area (Å²) < 4.78 is 7.06. The lowest BCUT2D eigenvalue weighted by molar-refractivity contribution is 0.0500. The van der Waals surface area contributed by atoms with Gasteiger partial charge in [0.1, 0.15) is 5.82 Å². The van der Waals surface area contributed by atoms with Gasteiger partial charge in [-0.25, -0.2) is 4.79 Å². The van der Waals surface area contributed by atoms with Crippen molar-refractivity contribution in [1.29, 1.82) is 0 Å². The van der Waals surface area contributed by atoms with E-state index in [2.05, 4.69) is 24.0 Å². The predicted octanol–water partition coefficient (Wildman–Crippen LogP) is 3.37. The zero-order valence-electron chi connectivity index (χ0n) is 13.7. The molecule has 0 radical (unpaired) electrons. The molecule has 5 nitrogen and oxygen atoms in total. The van der Waals surface area contributed by atoms with Gasteiger partial charge in [0, 0.05) is 6.54 Å². The number of aryl methyl sites for hydroxylation is 1. The SMILES string of the molecule is CCOC(=O)c1nnc(C)n1CC1(CC(C)C)CCCC1. The van der Waals surface area contributed by atoms with Crippen molar-refractivity contribution in [3.8, 4) is 0 Å². The third kappa shape index (κ3) is 3.63. The van der Waals surface area contributed by atoms with Crippen molar-refractivity contribution in [3.05, 3.63) is 11.6 Å². The smallest absolute Gasteiger partial charge is 0.376 e. The van der Waals surface area contributed by atoms with Crippen LogP contribution in [0.3, 0.4) is 0 Å². The first-order valence-electron chi connectivity index (χ1n) is 8.04. The van der Waals surface area contributed by atoms with Crippen LogP contribution in [0.15, 0.2) is 0 Å². The van der Waals surface area contributed by atoms with Gasteiger partial charge in [0.2, 0.25) is 5.82 Å². The second kappa shape index (κ2) is 6.58. The lowest BCUT2D eigenvalue weighted by atomic mass is 9.78. The number of hydrogen-bond donors (Lipinski definition) is 0. The molecule has 118 valence electrons. The molecule has 0 spiro atoms. The lowest BCUT2D eigenvalue weighted by Crippen LogP contribution is -2.28. The van der Waals surface area contributed by atoms with Crippen LogP contribution in [0.25, 0.3) is 0 Å². The minimum atomic E-state index is -0.365. The second-order valence-corrected chi connectivity index (χ2v) is 6.68. The molecule has 0 aromatic carbocycles. The quantitative estimate of drug-likeness (QED) is 0.755. The zero-order valence-corrected chi connectivity index (χ0v) is 13.7. The summed E-state index contributed by atoms with van der Waals surface area (Å²) in [7, 11) is 0. The Morgan fingerprint density at radius 2 is 2.00 bits per heavy atom. The van der Waals surface area contributed by atoms with Crippen LogP contribution in [0.1, 0.15) is 69.3 Å². The molecule has 1 aromatic rings. The molecule has 0 atom stereocenters. The molecule has 0 aliphatic heterocycles. The third-order valence-electron chi connectivity index (χ3n) is 4.39. The molecule has 1 aliphatic carbocycles. The van der Waals surface area contributed by atoms with E-state index in [1.165, 1.54) is 32.1 Å². The van der Waals surface area contributed by atoms with Crippen molar-refractivity contribution in [3.63, 3.8) is 0 Å². The molecule has 0 unspecified atom stereocenters. The van der Waals surface area contributed by atoms with Crippen molar-refractivity contribution in [2.24, 2.45) is 11.3 Å². The summed E-state index contributed by atoms with van der Waals surface area (Å²) in [4.78, 5) is 12.0. The maximum atomic E-state index is 12.0. The van der Waals surface area contributed by atoms with E-state index in [9.17, 15) is 4.79 Å². The zero-order chi connectivity index (χ0) is 15.5. The van der Waals surface area contributed by atoms with E-state index in [1.807, 2.05) is 18.4 Å². The van der Waals surface area contributed by atoms with Crippen LogP contribution in [0, 0.1) is 18.3 Å². The predicted molar refractivity (Wildman–Crippen MR) is 81.1 cm³/mol. The largest absolute Gasteiger partial charge is 0.460 e. The summed E-state index contributed by atoms with van der Waals surface area (Å²) in [6.45, 7) is 9.45. The maximum Gasteiger partial charge on any atom is 0.376 e. The molecular formula is C16H27N3O2. The summed E-state index contributed by atoms with van der Waals surface area (Å²) in [5, 5.41) is 8.11. The van der Waals surface area contributed by atoms with Crippen LogP contribution >= 0.6 is 0 Å². The number of carbonyl (C=O) groups excluding carboxylic acids is 1. The molecule has 1 fully saturated rings. The van der Waals surface area contributed by atoms with Gasteiger partial charge in [0.05, 0.1) is 6.61 Å². The van der Waals surface area contributed by atoms with Gasteiger partial charge in [0.15, 0.2) is 0 Å². The van der Waals surface area contributed by atoms with Crippen LogP contribution < -0.4 is 0 Å². The number of ether oxygens (including phenoxy) is 1. The first kappa shape index (κ1) is 16.0. The molecular weight excluding hydrogens is 266 g/mol. The maximum absolute atomic E-state index is 12.0. The average molecular weight is 293 g/mol. The lowest BCUT2D eigenvalue weighted by Gasteiger charge is -2.32. The fourth-order valence-corrected chi connectivity index (χ4v) is 3.67. The van der Waals surface area contributed by atoms with Crippen molar-refractivity contribution in [2.75, 3.05) is 6.61 Å². The van der Waals surface area contributed by atoms with E-state index in [0.29, 0.717) is 18.3 Å². The molecule has 0 saturated heterocycles. The second-order valence-electron chi connectivity index (χ2n) is 6.68. The van der Waals surface area contributed by atoms with E-state index in [4.69, 9.17) is 4.74 Å². The molecule has 1 heterocycles. The van der Waals surface area contributed by atoms with Crippen LogP contribution in [0.2, 0.25) is 0 Å². The van der Waals surface area contributed by atoms with Crippen molar-refractivity contribution < 1.29 is 9.53 Å². The average Bonchev–Trinajstić information content (AvgIpc) is 2.98. The molecule has 1 aliphatic rings. The minimum Gasteiger partial charge on any atom is -0.460 e. The Morgan fingerprint density at radius 3 is 2.57 bits per heavy atom. The van der Waals surface area contributed by atoms with Crippen molar-refractivity contribution in [2.45, 2.75) is 66.3 Å². The van der Waals surface area contributed by atoms with E-state index in [1.54, 1.807) is 0 Å². The summed E-state index contributed by atoms with van der Waals surface area (Å²) in [6, 6.07) is 0. The Labute approximate surface area is 127 Å². The summed E-state index contributed by atoms with van der Waals surface area (Å²) >= 11 is 0. The number of carbonyl (C=O) groups is 1. The van der Waals surface area contributed by atoms with Crippen LogP contribution in [0.4, 0.5) is 0 Å². The first-order valence-corrected chi connectivity index (χ1v) is 8.04. The van der Waals surface area contributed by atoms with Gasteiger partial charge < -0.3 is 9.30 Å². The number of nitrogens with zero attached hydrogens (tertiary/aromatic N) is 3. The summed E-state index contributed by atoms with van der Waals surface area (Å²) in [5.74, 6) is 1.44. The normalized spacial score (nSPS) is 17.4. The summed E-state index contributed by atoms with van der Waals surface area (Å²) in [5.41, 5.74) is 0.280. The fraction of sp³-hybridized carbons (Fsp3) is 0.812. The molecule has 2 rings (SSSR count). The van der Waals surface area contributed by atoms with E-state index >= 15 is 0 Å². The monoisotopic (exact) mass is 293 g/mol. The fourth-order valence-electron chi connectivity index (χ4n) is 3.67. The van der Waals surface area contributed by atoms with Gasteiger partial charge in [-0.15, -0.1) is 10.2 Å². The van der Waals surface area contributed by atoms with Crippen LogP contribution in [0.5, 0.6) is 0 Å². The van der Waals surface area contributed by atoms with Crippen LogP contribution in [-0.4, -0.2) is 27.3 Å². The summed E-state index contributed by atoms with van der Waals surface area (Å²) in [6.07, 6.45) is 6.20. The first-order chi connectivity index (χ1) is 9.97. The number of esters is 1. The number of hydrogen-bond acceptors (Lipinski definition) is 4.